The van der Waals surface area contributed by atoms with Crippen molar-refractivity contribution in [3.05, 3.63) is 28.7 Å². The zero-order valence-electron chi connectivity index (χ0n) is 9.73. The van der Waals surface area contributed by atoms with Crippen LogP contribution in [0.2, 0.25) is 0 Å². The van der Waals surface area contributed by atoms with Crippen LogP contribution in [0.25, 0.3) is 0 Å². The van der Waals surface area contributed by atoms with Crippen molar-refractivity contribution in [2.24, 2.45) is 5.73 Å². The van der Waals surface area contributed by atoms with Gasteiger partial charge in [0.25, 0.3) is 0 Å². The number of hydrogen-bond acceptors (Lipinski definition) is 4. The van der Waals surface area contributed by atoms with Gasteiger partial charge in [-0.25, -0.2) is 8.42 Å². The van der Waals surface area contributed by atoms with Gasteiger partial charge in [-0.3, -0.25) is 4.79 Å². The molecule has 100 valence electrons. The predicted molar refractivity (Wildman–Crippen MR) is 75.1 cm³/mol. The minimum absolute atomic E-state index is 0.0626. The molecule has 0 spiro atoms. The van der Waals surface area contributed by atoms with Gasteiger partial charge in [0.15, 0.2) is 9.84 Å². The smallest absolute Gasteiger partial charge is 0.239 e. The molecule has 0 unspecified atom stereocenters. The van der Waals surface area contributed by atoms with E-state index >= 15 is 0 Å². The van der Waals surface area contributed by atoms with E-state index in [2.05, 4.69) is 21.2 Å². The zero-order chi connectivity index (χ0) is 13.6. The second-order valence-electron chi connectivity index (χ2n) is 3.76. The number of nitrogens with one attached hydrogen (secondary N) is 1. The molecule has 1 rings (SSSR count). The third-order valence-electron chi connectivity index (χ3n) is 2.16. The molecule has 0 radical (unpaired) electrons. The molecule has 1 aromatic rings. The number of hydrogen-bond donors (Lipinski definition) is 2. The number of sulfone groups is 1. The quantitative estimate of drug-likeness (QED) is 0.816. The van der Waals surface area contributed by atoms with Crippen LogP contribution in [-0.2, 0) is 14.6 Å². The monoisotopic (exact) mass is 334 g/mol. The van der Waals surface area contributed by atoms with Crippen LogP contribution in [0.3, 0.4) is 0 Å². The molecule has 0 atom stereocenters. The molecule has 1 aromatic carbocycles. The summed E-state index contributed by atoms with van der Waals surface area (Å²) in [5.74, 6) is -1.12. The van der Waals surface area contributed by atoms with Gasteiger partial charge in [-0.15, -0.1) is 0 Å². The molecule has 0 aliphatic heterocycles. The summed E-state index contributed by atoms with van der Waals surface area (Å²) in [4.78, 5) is 11.6. The number of carbonyl (C=O) groups is 1. The highest BCUT2D eigenvalue weighted by Crippen LogP contribution is 2.21. The van der Waals surface area contributed by atoms with Gasteiger partial charge in [-0.2, -0.15) is 0 Å². The van der Waals surface area contributed by atoms with Crippen LogP contribution in [-0.4, -0.2) is 32.4 Å². The lowest BCUT2D eigenvalue weighted by atomic mass is 10.3. The topological polar surface area (TPSA) is 89.3 Å². The lowest BCUT2D eigenvalue weighted by molar-refractivity contribution is -0.113. The number of carbonyl (C=O) groups excluding carboxylic acids is 1. The van der Waals surface area contributed by atoms with E-state index in [0.29, 0.717) is 23.1 Å². The van der Waals surface area contributed by atoms with Crippen molar-refractivity contribution in [1.82, 2.24) is 0 Å². The average Bonchev–Trinajstić information content (AvgIpc) is 2.29. The van der Waals surface area contributed by atoms with Gasteiger partial charge >= 0.3 is 0 Å². The van der Waals surface area contributed by atoms with Crippen LogP contribution in [0.5, 0.6) is 0 Å². The number of amides is 1. The summed E-state index contributed by atoms with van der Waals surface area (Å²) >= 11 is 3.27. The van der Waals surface area contributed by atoms with E-state index in [9.17, 15) is 13.2 Å². The summed E-state index contributed by atoms with van der Waals surface area (Å²) in [6.45, 7) is 0.297. The fourth-order valence-electron chi connectivity index (χ4n) is 1.32. The number of rotatable bonds is 6. The number of anilines is 1. The van der Waals surface area contributed by atoms with Crippen LogP contribution < -0.4 is 11.1 Å². The lowest BCUT2D eigenvalue weighted by Crippen LogP contribution is -2.25. The van der Waals surface area contributed by atoms with Crippen molar-refractivity contribution in [1.29, 1.82) is 0 Å². The third-order valence-corrected chi connectivity index (χ3v) is 4.46. The molecular weight excluding hydrogens is 320 g/mol. The Morgan fingerprint density at radius 1 is 1.33 bits per heavy atom. The number of benzene rings is 1. The summed E-state index contributed by atoms with van der Waals surface area (Å²) in [6.07, 6.45) is 0.366. The molecule has 0 aliphatic rings. The Balaban J connectivity index is 2.60. The first-order valence-electron chi connectivity index (χ1n) is 5.39. The van der Waals surface area contributed by atoms with Crippen LogP contribution >= 0.6 is 15.9 Å². The van der Waals surface area contributed by atoms with E-state index in [1.54, 1.807) is 24.3 Å². The Kier molecular flexibility index (Phi) is 5.77. The van der Waals surface area contributed by atoms with Crippen molar-refractivity contribution in [2.75, 3.05) is 23.4 Å². The highest BCUT2D eigenvalue weighted by molar-refractivity contribution is 9.10. The van der Waals surface area contributed by atoms with E-state index in [-0.39, 0.29) is 5.75 Å². The zero-order valence-corrected chi connectivity index (χ0v) is 12.1. The van der Waals surface area contributed by atoms with Gasteiger partial charge < -0.3 is 11.1 Å². The molecule has 0 aromatic heterocycles. The van der Waals surface area contributed by atoms with Crippen LogP contribution in [0.15, 0.2) is 28.7 Å². The first kappa shape index (κ1) is 15.1. The summed E-state index contributed by atoms with van der Waals surface area (Å²) in [5.41, 5.74) is 5.79. The summed E-state index contributed by atoms with van der Waals surface area (Å²) in [5, 5.41) is 2.55. The van der Waals surface area contributed by atoms with Gasteiger partial charge in [-0.05, 0) is 41.0 Å². The van der Waals surface area contributed by atoms with E-state index in [4.69, 9.17) is 5.73 Å². The maximum Gasteiger partial charge on any atom is 0.239 e. The molecule has 0 fully saturated rings. The molecule has 7 heteroatoms. The average molecular weight is 335 g/mol. The number of nitrogens with two attached hydrogens (primary N) is 1. The van der Waals surface area contributed by atoms with E-state index in [1.165, 1.54) is 0 Å². The summed E-state index contributed by atoms with van der Waals surface area (Å²) in [7, 11) is -3.38. The predicted octanol–water partition coefficient (Wildman–Crippen LogP) is 1.15. The van der Waals surface area contributed by atoms with E-state index in [1.807, 2.05) is 0 Å². The molecule has 1 amide bonds. The maximum absolute atomic E-state index is 11.6. The summed E-state index contributed by atoms with van der Waals surface area (Å²) < 4.78 is 23.8. The second-order valence-corrected chi connectivity index (χ2v) is 6.80. The SMILES string of the molecule is NCCCS(=O)(=O)CC(=O)Nc1ccccc1Br. The van der Waals surface area contributed by atoms with Gasteiger partial charge in [0.1, 0.15) is 5.75 Å². The maximum atomic E-state index is 11.6. The number of para-hydroxylation sites is 1. The molecule has 0 saturated carbocycles. The Hall–Kier alpha value is -0.920. The van der Waals surface area contributed by atoms with Crippen LogP contribution in [0.4, 0.5) is 5.69 Å². The molecule has 0 saturated heterocycles. The van der Waals surface area contributed by atoms with Crippen molar-refractivity contribution in [3.8, 4) is 0 Å². The van der Waals surface area contributed by atoms with Crippen LogP contribution in [0.1, 0.15) is 6.42 Å². The molecule has 3 N–H and O–H groups in total. The third kappa shape index (κ3) is 5.16. The largest absolute Gasteiger partial charge is 0.330 e. The van der Waals surface area contributed by atoms with Gasteiger partial charge in [0.2, 0.25) is 5.91 Å². The fraction of sp³-hybridized carbons (Fsp3) is 0.364. The van der Waals surface area contributed by atoms with Crippen molar-refractivity contribution >= 4 is 37.4 Å². The molecule has 0 heterocycles. The van der Waals surface area contributed by atoms with Crippen molar-refractivity contribution in [3.63, 3.8) is 0 Å². The molecule has 0 aliphatic carbocycles. The minimum atomic E-state index is -3.38. The lowest BCUT2D eigenvalue weighted by Gasteiger charge is -2.07. The highest BCUT2D eigenvalue weighted by Gasteiger charge is 2.16. The van der Waals surface area contributed by atoms with Gasteiger partial charge in [0, 0.05) is 4.47 Å². The Morgan fingerprint density at radius 3 is 2.61 bits per heavy atom. The Labute approximate surface area is 115 Å². The highest BCUT2D eigenvalue weighted by atomic mass is 79.9. The molecular formula is C11H15BrN2O3S. The second kappa shape index (κ2) is 6.86. The first-order chi connectivity index (χ1) is 8.44. The normalized spacial score (nSPS) is 11.2. The standard InChI is InChI=1S/C11H15BrN2O3S/c12-9-4-1-2-5-10(9)14-11(15)8-18(16,17)7-3-6-13/h1-2,4-5H,3,6-8,13H2,(H,14,15). The fourth-order valence-corrected chi connectivity index (χ4v) is 2.93. The molecule has 0 bridgehead atoms. The molecule has 18 heavy (non-hydrogen) atoms. The first-order valence-corrected chi connectivity index (χ1v) is 8.01. The van der Waals surface area contributed by atoms with Gasteiger partial charge in [0.05, 0.1) is 11.4 Å². The van der Waals surface area contributed by atoms with E-state index in [0.717, 1.165) is 0 Å². The van der Waals surface area contributed by atoms with Crippen molar-refractivity contribution in [2.45, 2.75) is 6.42 Å². The number of halogens is 1. The summed E-state index contributed by atoms with van der Waals surface area (Å²) in [6, 6.07) is 7.01. The van der Waals surface area contributed by atoms with Crippen LogP contribution in [0, 0.1) is 0 Å². The van der Waals surface area contributed by atoms with Gasteiger partial charge in [-0.1, -0.05) is 12.1 Å². The minimum Gasteiger partial charge on any atom is -0.330 e. The Morgan fingerprint density at radius 2 is 2.00 bits per heavy atom. The van der Waals surface area contributed by atoms with E-state index < -0.39 is 21.5 Å². The Bertz CT molecular complexity index is 517. The molecule has 5 nitrogen and oxygen atoms in total. The van der Waals surface area contributed by atoms with Crippen molar-refractivity contribution < 1.29 is 13.2 Å².